The highest BCUT2D eigenvalue weighted by atomic mass is 16.6. The fraction of sp³-hybridized carbons (Fsp3) is 0.286. The molecular formula is C21H20N2O5. The summed E-state index contributed by atoms with van der Waals surface area (Å²) < 4.78 is 11.3. The number of fused-ring (bicyclic) bond motifs is 3. The summed E-state index contributed by atoms with van der Waals surface area (Å²) >= 11 is 0. The first-order chi connectivity index (χ1) is 13.4. The minimum Gasteiger partial charge on any atom is -0.463 e. The summed E-state index contributed by atoms with van der Waals surface area (Å²) in [6.45, 7) is 2.92. The lowest BCUT2D eigenvalue weighted by Gasteiger charge is -2.47. The number of carbonyl (C=O) groups is 3. The monoisotopic (exact) mass is 380 g/mol. The molecule has 0 aliphatic carbocycles. The fourth-order valence-corrected chi connectivity index (χ4v) is 4.12. The van der Waals surface area contributed by atoms with Gasteiger partial charge in [0.1, 0.15) is 5.75 Å². The van der Waals surface area contributed by atoms with Crippen LogP contribution in [0.15, 0.2) is 48.5 Å². The molecule has 0 saturated heterocycles. The second kappa shape index (κ2) is 6.09. The maximum absolute atomic E-state index is 13.6. The third-order valence-corrected chi connectivity index (χ3v) is 5.35. The van der Waals surface area contributed by atoms with Gasteiger partial charge in [0.05, 0.1) is 12.3 Å². The first kappa shape index (κ1) is 18.0. The van der Waals surface area contributed by atoms with Crippen LogP contribution in [0.25, 0.3) is 0 Å². The van der Waals surface area contributed by atoms with E-state index < -0.39 is 28.8 Å². The van der Waals surface area contributed by atoms with Crippen molar-refractivity contribution in [3.05, 3.63) is 54.1 Å². The number of para-hydroxylation sites is 3. The van der Waals surface area contributed by atoms with Gasteiger partial charge in [0.25, 0.3) is 11.5 Å². The van der Waals surface area contributed by atoms with Crippen LogP contribution in [0.2, 0.25) is 0 Å². The summed E-state index contributed by atoms with van der Waals surface area (Å²) in [7, 11) is 1.61. The van der Waals surface area contributed by atoms with Crippen molar-refractivity contribution in [3.63, 3.8) is 0 Å². The highest BCUT2D eigenvalue weighted by Gasteiger charge is 2.74. The van der Waals surface area contributed by atoms with Crippen LogP contribution in [-0.4, -0.2) is 36.9 Å². The summed E-state index contributed by atoms with van der Waals surface area (Å²) in [5.74, 6) is -1.68. The maximum Gasteiger partial charge on any atom is 0.361 e. The minimum atomic E-state index is -2.20. The first-order valence-electron chi connectivity index (χ1n) is 9.02. The first-order valence-corrected chi connectivity index (χ1v) is 9.02. The molecule has 0 radical (unpaired) electrons. The van der Waals surface area contributed by atoms with Crippen molar-refractivity contribution in [3.8, 4) is 5.75 Å². The SMILES string of the molecule is CCOC(=O)[C@]1(C(C)=O)Oc2ccccc2N[C@]12C(=O)N(C)c1ccccc12. The zero-order valence-electron chi connectivity index (χ0n) is 15.8. The van der Waals surface area contributed by atoms with Crippen LogP contribution >= 0.6 is 0 Å². The van der Waals surface area contributed by atoms with Crippen LogP contribution in [0.1, 0.15) is 19.4 Å². The van der Waals surface area contributed by atoms with Crippen LogP contribution in [0.4, 0.5) is 11.4 Å². The number of ketones is 1. The number of hydrogen-bond acceptors (Lipinski definition) is 6. The van der Waals surface area contributed by atoms with E-state index in [-0.39, 0.29) is 6.61 Å². The van der Waals surface area contributed by atoms with Gasteiger partial charge in [-0.25, -0.2) is 4.79 Å². The highest BCUT2D eigenvalue weighted by Crippen LogP contribution is 2.54. The molecule has 7 nitrogen and oxygen atoms in total. The number of esters is 1. The van der Waals surface area contributed by atoms with Crippen molar-refractivity contribution in [1.82, 2.24) is 0 Å². The number of amides is 1. The molecule has 2 heterocycles. The number of ether oxygens (including phenoxy) is 2. The Morgan fingerprint density at radius 3 is 2.54 bits per heavy atom. The summed E-state index contributed by atoms with van der Waals surface area (Å²) in [4.78, 5) is 41.3. The van der Waals surface area contributed by atoms with Crippen LogP contribution in [-0.2, 0) is 24.7 Å². The number of benzene rings is 2. The van der Waals surface area contributed by atoms with E-state index in [0.717, 1.165) is 0 Å². The van der Waals surface area contributed by atoms with Gasteiger partial charge >= 0.3 is 5.97 Å². The van der Waals surface area contributed by atoms with Gasteiger partial charge in [-0.15, -0.1) is 0 Å². The predicted octanol–water partition coefficient (Wildman–Crippen LogP) is 2.25. The van der Waals surface area contributed by atoms with E-state index in [2.05, 4.69) is 5.32 Å². The van der Waals surface area contributed by atoms with Gasteiger partial charge in [-0.3, -0.25) is 9.59 Å². The molecule has 28 heavy (non-hydrogen) atoms. The molecule has 1 amide bonds. The zero-order chi connectivity index (χ0) is 20.1. The Morgan fingerprint density at radius 1 is 1.14 bits per heavy atom. The molecule has 7 heteroatoms. The summed E-state index contributed by atoms with van der Waals surface area (Å²) in [6, 6.07) is 13.9. The number of nitrogens with one attached hydrogen (secondary N) is 1. The quantitative estimate of drug-likeness (QED) is 0.649. The average Bonchev–Trinajstić information content (AvgIpc) is 2.90. The number of carbonyl (C=O) groups excluding carboxylic acids is 3. The third kappa shape index (κ3) is 2.01. The second-order valence-electron chi connectivity index (χ2n) is 6.81. The lowest BCUT2D eigenvalue weighted by Crippen LogP contribution is -2.73. The van der Waals surface area contributed by atoms with E-state index in [1.165, 1.54) is 11.8 Å². The molecule has 4 rings (SSSR count). The van der Waals surface area contributed by atoms with Crippen molar-refractivity contribution < 1.29 is 23.9 Å². The molecule has 144 valence electrons. The van der Waals surface area contributed by atoms with E-state index in [1.54, 1.807) is 62.5 Å². The Balaban J connectivity index is 2.09. The van der Waals surface area contributed by atoms with Crippen molar-refractivity contribution in [2.75, 3.05) is 23.9 Å². The van der Waals surface area contributed by atoms with Gasteiger partial charge in [-0.1, -0.05) is 30.3 Å². The minimum absolute atomic E-state index is 0.0423. The Labute approximate surface area is 162 Å². The molecule has 0 unspecified atom stereocenters. The zero-order valence-corrected chi connectivity index (χ0v) is 15.8. The molecule has 2 aromatic rings. The van der Waals surface area contributed by atoms with Gasteiger partial charge in [0, 0.05) is 18.3 Å². The normalized spacial score (nSPS) is 24.8. The smallest absolute Gasteiger partial charge is 0.361 e. The van der Waals surface area contributed by atoms with Gasteiger partial charge in [0.2, 0.25) is 5.54 Å². The van der Waals surface area contributed by atoms with E-state index >= 15 is 0 Å². The second-order valence-corrected chi connectivity index (χ2v) is 6.81. The van der Waals surface area contributed by atoms with E-state index in [4.69, 9.17) is 9.47 Å². The Morgan fingerprint density at radius 2 is 1.82 bits per heavy atom. The topological polar surface area (TPSA) is 84.9 Å². The largest absolute Gasteiger partial charge is 0.463 e. The molecule has 2 aliphatic rings. The average molecular weight is 380 g/mol. The summed E-state index contributed by atoms with van der Waals surface area (Å²) in [6.07, 6.45) is 0. The molecule has 0 bridgehead atoms. The van der Waals surface area contributed by atoms with Crippen LogP contribution in [0.5, 0.6) is 5.75 Å². The van der Waals surface area contributed by atoms with E-state index in [9.17, 15) is 14.4 Å². The standard InChI is InChI=1S/C21H20N2O5/c1-4-27-19(26)21(13(2)24)20(22-15-10-6-8-12-17(15)28-21)14-9-5-7-11-16(14)23(3)18(20)25/h5-12,22H,4H2,1-3H3/t20-,21+/m1/s1. The fourth-order valence-electron chi connectivity index (χ4n) is 4.12. The van der Waals surface area contributed by atoms with Gasteiger partial charge in [-0.2, -0.15) is 0 Å². The van der Waals surface area contributed by atoms with E-state index in [1.807, 2.05) is 0 Å². The Kier molecular flexibility index (Phi) is 3.92. The number of likely N-dealkylation sites (N-methyl/N-ethyl adjacent to an activating group) is 1. The number of Topliss-reactive ketones (excluding diaryl/α,β-unsaturated/α-hetero) is 1. The molecule has 1 spiro atoms. The molecule has 0 fully saturated rings. The number of hydrogen-bond donors (Lipinski definition) is 1. The summed E-state index contributed by atoms with van der Waals surface area (Å²) in [5, 5.41) is 3.18. The van der Waals surface area contributed by atoms with Crippen molar-refractivity contribution in [2.24, 2.45) is 0 Å². The molecule has 0 aromatic heterocycles. The lowest BCUT2D eigenvalue weighted by molar-refractivity contribution is -0.176. The Hall–Kier alpha value is -3.35. The van der Waals surface area contributed by atoms with Crippen LogP contribution in [0.3, 0.4) is 0 Å². The third-order valence-electron chi connectivity index (χ3n) is 5.35. The van der Waals surface area contributed by atoms with Crippen molar-refractivity contribution in [1.29, 1.82) is 0 Å². The number of nitrogens with zero attached hydrogens (tertiary/aromatic N) is 1. The number of rotatable bonds is 3. The molecule has 2 atom stereocenters. The predicted molar refractivity (Wildman–Crippen MR) is 102 cm³/mol. The molecule has 1 N–H and O–H groups in total. The van der Waals surface area contributed by atoms with Crippen molar-refractivity contribution in [2.45, 2.75) is 25.0 Å². The van der Waals surface area contributed by atoms with Gasteiger partial charge < -0.3 is 19.7 Å². The van der Waals surface area contributed by atoms with Crippen LogP contribution in [0, 0.1) is 0 Å². The number of anilines is 2. The highest BCUT2D eigenvalue weighted by molar-refractivity contribution is 6.21. The van der Waals surface area contributed by atoms with Crippen molar-refractivity contribution >= 4 is 29.0 Å². The molecule has 0 saturated carbocycles. The molecule has 2 aromatic carbocycles. The van der Waals surface area contributed by atoms with Crippen LogP contribution < -0.4 is 15.0 Å². The molecule has 2 aliphatic heterocycles. The van der Waals surface area contributed by atoms with Gasteiger partial charge in [-0.05, 0) is 32.0 Å². The maximum atomic E-state index is 13.6. The molecular weight excluding hydrogens is 360 g/mol. The van der Waals surface area contributed by atoms with Gasteiger partial charge in [0.15, 0.2) is 5.78 Å². The summed E-state index contributed by atoms with van der Waals surface area (Å²) in [5.41, 5.74) is -2.37. The lowest BCUT2D eigenvalue weighted by atomic mass is 9.71. The Bertz CT molecular complexity index is 1000. The van der Waals surface area contributed by atoms with E-state index in [0.29, 0.717) is 22.7 Å².